The molecule has 0 aromatic heterocycles. The molecule has 0 aliphatic rings. The number of benzene rings is 3. The lowest BCUT2D eigenvalue weighted by atomic mass is 10.1. The van der Waals surface area contributed by atoms with Gasteiger partial charge in [-0.3, -0.25) is 13.9 Å². The van der Waals surface area contributed by atoms with Gasteiger partial charge in [-0.25, -0.2) is 12.8 Å². The number of sulfonamides is 1. The van der Waals surface area contributed by atoms with Crippen LogP contribution in [-0.2, 0) is 26.2 Å². The van der Waals surface area contributed by atoms with Crippen molar-refractivity contribution < 1.29 is 22.4 Å². The Bertz CT molecular complexity index is 1350. The van der Waals surface area contributed by atoms with Crippen LogP contribution in [0.5, 0.6) is 0 Å². The van der Waals surface area contributed by atoms with Gasteiger partial charge in [0, 0.05) is 18.1 Å². The van der Waals surface area contributed by atoms with Gasteiger partial charge in [0.1, 0.15) is 18.4 Å². The zero-order valence-electron chi connectivity index (χ0n) is 22.2. The van der Waals surface area contributed by atoms with Crippen LogP contribution in [0.1, 0.15) is 32.8 Å². The lowest BCUT2D eigenvalue weighted by Gasteiger charge is -2.33. The first-order valence-corrected chi connectivity index (χ1v) is 14.5. The first kappa shape index (κ1) is 30.1. The number of rotatable bonds is 12. The van der Waals surface area contributed by atoms with Crippen LogP contribution in [0.3, 0.4) is 0 Å². The van der Waals surface area contributed by atoms with Crippen LogP contribution in [0, 0.1) is 11.7 Å². The highest BCUT2D eigenvalue weighted by Gasteiger charge is 2.33. The number of carbonyl (C=O) groups is 2. The van der Waals surface area contributed by atoms with Gasteiger partial charge in [-0.15, -0.1) is 0 Å². The normalized spacial score (nSPS) is 12.2. The summed E-state index contributed by atoms with van der Waals surface area (Å²) in [7, 11) is -4.16. The van der Waals surface area contributed by atoms with Crippen LogP contribution >= 0.6 is 11.6 Å². The van der Waals surface area contributed by atoms with Crippen LogP contribution < -0.4 is 9.62 Å². The van der Waals surface area contributed by atoms with Crippen LogP contribution in [0.4, 0.5) is 10.1 Å². The molecule has 0 aliphatic carbocycles. The predicted octanol–water partition coefficient (Wildman–Crippen LogP) is 5.25. The van der Waals surface area contributed by atoms with Gasteiger partial charge < -0.3 is 10.2 Å². The summed E-state index contributed by atoms with van der Waals surface area (Å²) in [6, 6.07) is 18.7. The van der Waals surface area contributed by atoms with E-state index in [0.717, 1.165) is 4.31 Å². The Kier molecular flexibility index (Phi) is 10.5. The van der Waals surface area contributed by atoms with Crippen molar-refractivity contribution in [2.75, 3.05) is 17.4 Å². The van der Waals surface area contributed by atoms with Gasteiger partial charge in [-0.2, -0.15) is 0 Å². The summed E-state index contributed by atoms with van der Waals surface area (Å²) in [6.07, 6.45) is 0.295. The first-order chi connectivity index (χ1) is 18.5. The SMILES string of the molecule is CC[C@H](C(=O)NCC(C)C)N(Cc1ccc(F)cc1)C(=O)CN(c1ccc(Cl)cc1)S(=O)(=O)c1ccccc1. The van der Waals surface area contributed by atoms with E-state index in [2.05, 4.69) is 5.32 Å². The van der Waals surface area contributed by atoms with Crippen molar-refractivity contribution in [2.24, 2.45) is 5.92 Å². The molecule has 10 heteroatoms. The zero-order chi connectivity index (χ0) is 28.6. The smallest absolute Gasteiger partial charge is 0.264 e. The molecule has 1 N–H and O–H groups in total. The van der Waals surface area contributed by atoms with E-state index in [1.165, 1.54) is 53.4 Å². The maximum atomic E-state index is 13.9. The molecule has 0 fully saturated rings. The molecule has 7 nitrogen and oxygen atoms in total. The van der Waals surface area contributed by atoms with E-state index in [9.17, 15) is 22.4 Å². The van der Waals surface area contributed by atoms with Crippen molar-refractivity contribution >= 4 is 39.1 Å². The first-order valence-electron chi connectivity index (χ1n) is 12.7. The maximum Gasteiger partial charge on any atom is 0.264 e. The van der Waals surface area contributed by atoms with Crippen LogP contribution in [0.25, 0.3) is 0 Å². The zero-order valence-corrected chi connectivity index (χ0v) is 23.8. The van der Waals surface area contributed by atoms with Gasteiger partial charge in [0.15, 0.2) is 0 Å². The molecular formula is C29H33ClFN3O4S. The third kappa shape index (κ3) is 8.03. The quantitative estimate of drug-likeness (QED) is 0.320. The summed E-state index contributed by atoms with van der Waals surface area (Å²) < 4.78 is 42.0. The number of hydrogen-bond acceptors (Lipinski definition) is 4. The van der Waals surface area contributed by atoms with E-state index in [1.807, 2.05) is 13.8 Å². The lowest BCUT2D eigenvalue weighted by Crippen LogP contribution is -2.52. The van der Waals surface area contributed by atoms with E-state index in [-0.39, 0.29) is 29.0 Å². The lowest BCUT2D eigenvalue weighted by molar-refractivity contribution is -0.140. The number of hydrogen-bond donors (Lipinski definition) is 1. The number of halogens is 2. The Morgan fingerprint density at radius 3 is 2.13 bits per heavy atom. The minimum Gasteiger partial charge on any atom is -0.354 e. The molecule has 0 saturated heterocycles. The average molecular weight is 574 g/mol. The molecule has 208 valence electrons. The predicted molar refractivity (Wildman–Crippen MR) is 151 cm³/mol. The molecule has 39 heavy (non-hydrogen) atoms. The standard InChI is InChI=1S/C29H33ClFN3O4S/c1-4-27(29(36)32-18-21(2)3)33(19-22-10-14-24(31)15-11-22)28(35)20-34(25-16-12-23(30)13-17-25)39(37,38)26-8-6-5-7-9-26/h5-17,21,27H,4,18-20H2,1-3H3,(H,32,36)/t27-/m1/s1. The second-order valence-corrected chi connectivity index (χ2v) is 11.8. The van der Waals surface area contributed by atoms with E-state index >= 15 is 0 Å². The highest BCUT2D eigenvalue weighted by Crippen LogP contribution is 2.26. The van der Waals surface area contributed by atoms with Gasteiger partial charge >= 0.3 is 0 Å². The summed E-state index contributed by atoms with van der Waals surface area (Å²) in [5.74, 6) is -1.16. The Balaban J connectivity index is 2.02. The fraction of sp³-hybridized carbons (Fsp3) is 0.310. The fourth-order valence-corrected chi connectivity index (χ4v) is 5.55. The van der Waals surface area contributed by atoms with Gasteiger partial charge in [0.2, 0.25) is 11.8 Å². The number of nitrogens with zero attached hydrogens (tertiary/aromatic N) is 2. The molecule has 0 saturated carbocycles. The molecule has 1 atom stereocenters. The summed E-state index contributed by atoms with van der Waals surface area (Å²) in [5.41, 5.74) is 0.847. The van der Waals surface area contributed by atoms with Crippen LogP contribution in [0.15, 0.2) is 83.8 Å². The Hall–Kier alpha value is -3.43. The topological polar surface area (TPSA) is 86.8 Å². The third-order valence-electron chi connectivity index (χ3n) is 6.06. The molecule has 0 bridgehead atoms. The summed E-state index contributed by atoms with van der Waals surface area (Å²) in [6.45, 7) is 5.55. The van der Waals surface area contributed by atoms with Crippen molar-refractivity contribution in [3.63, 3.8) is 0 Å². The second kappa shape index (κ2) is 13.6. The minimum atomic E-state index is -4.16. The van der Waals surface area contributed by atoms with Crippen molar-refractivity contribution in [3.8, 4) is 0 Å². The third-order valence-corrected chi connectivity index (χ3v) is 8.10. The second-order valence-electron chi connectivity index (χ2n) is 9.51. The van der Waals surface area contributed by atoms with Crippen LogP contribution in [-0.4, -0.2) is 44.3 Å². The van der Waals surface area contributed by atoms with Gasteiger partial charge in [0.25, 0.3) is 10.0 Å². The van der Waals surface area contributed by atoms with E-state index in [1.54, 1.807) is 37.3 Å². The number of anilines is 1. The molecule has 3 aromatic rings. The van der Waals surface area contributed by atoms with E-state index in [4.69, 9.17) is 11.6 Å². The van der Waals surface area contributed by atoms with Crippen molar-refractivity contribution in [1.29, 1.82) is 0 Å². The largest absolute Gasteiger partial charge is 0.354 e. The molecule has 0 radical (unpaired) electrons. The van der Waals surface area contributed by atoms with Gasteiger partial charge in [0.05, 0.1) is 10.6 Å². The highest BCUT2D eigenvalue weighted by atomic mass is 35.5. The Morgan fingerprint density at radius 1 is 0.949 bits per heavy atom. The van der Waals surface area contributed by atoms with Crippen molar-refractivity contribution in [2.45, 2.75) is 44.7 Å². The molecular weight excluding hydrogens is 541 g/mol. The summed E-state index contributed by atoms with van der Waals surface area (Å²) >= 11 is 6.04. The number of nitrogens with one attached hydrogen (secondary N) is 1. The van der Waals surface area contributed by atoms with E-state index < -0.39 is 34.3 Å². The van der Waals surface area contributed by atoms with Crippen LogP contribution in [0.2, 0.25) is 5.02 Å². The average Bonchev–Trinajstić information content (AvgIpc) is 2.92. The van der Waals surface area contributed by atoms with E-state index in [0.29, 0.717) is 23.6 Å². The summed E-state index contributed by atoms with van der Waals surface area (Å²) in [4.78, 5) is 28.5. The van der Waals surface area contributed by atoms with Gasteiger partial charge in [-0.05, 0) is 66.4 Å². The Morgan fingerprint density at radius 2 is 1.56 bits per heavy atom. The molecule has 3 aromatic carbocycles. The maximum absolute atomic E-state index is 13.9. The molecule has 3 rings (SSSR count). The molecule has 0 heterocycles. The van der Waals surface area contributed by atoms with Gasteiger partial charge in [-0.1, -0.05) is 62.7 Å². The Labute approximate surface area is 234 Å². The summed E-state index contributed by atoms with van der Waals surface area (Å²) in [5, 5.41) is 3.28. The number of carbonyl (C=O) groups excluding carboxylic acids is 2. The monoisotopic (exact) mass is 573 g/mol. The molecule has 0 unspecified atom stereocenters. The molecule has 2 amide bonds. The fourth-order valence-electron chi connectivity index (χ4n) is 3.98. The number of amides is 2. The van der Waals surface area contributed by atoms with Crippen molar-refractivity contribution in [1.82, 2.24) is 10.2 Å². The minimum absolute atomic E-state index is 0.00738. The molecule has 0 aliphatic heterocycles. The molecule has 0 spiro atoms. The van der Waals surface area contributed by atoms with Crippen molar-refractivity contribution in [3.05, 3.63) is 95.3 Å². The highest BCUT2D eigenvalue weighted by molar-refractivity contribution is 7.92.